The summed E-state index contributed by atoms with van der Waals surface area (Å²) >= 11 is 0. The van der Waals surface area contributed by atoms with Gasteiger partial charge in [-0.15, -0.1) is 0 Å². The number of nitrogens with one attached hydrogen (secondary N) is 1. The van der Waals surface area contributed by atoms with Crippen LogP contribution in [0.15, 0.2) is 24.4 Å². The highest BCUT2D eigenvalue weighted by molar-refractivity contribution is 6.32. The number of rotatable bonds is 7. The average molecular weight is 579 g/mol. The Labute approximate surface area is 244 Å². The van der Waals surface area contributed by atoms with Gasteiger partial charge in [0.25, 0.3) is 0 Å². The van der Waals surface area contributed by atoms with E-state index in [1.807, 2.05) is 55.0 Å². The number of carbonyl (C=O) groups is 5. The van der Waals surface area contributed by atoms with E-state index in [2.05, 4.69) is 5.32 Å². The average Bonchev–Trinajstić information content (AvgIpc) is 3.31. The number of phenols is 1. The summed E-state index contributed by atoms with van der Waals surface area (Å²) in [5.41, 5.74) is 5.49. The number of nitrogens with zero attached hydrogens (tertiary/aromatic N) is 2. The van der Waals surface area contributed by atoms with E-state index in [0.29, 0.717) is 23.4 Å². The van der Waals surface area contributed by atoms with Crippen LogP contribution >= 0.6 is 0 Å². The van der Waals surface area contributed by atoms with Crippen molar-refractivity contribution in [2.45, 2.75) is 45.4 Å². The highest BCUT2D eigenvalue weighted by Gasteiger charge is 2.69. The maximum Gasteiger partial charge on any atom is 0.235 e. The molecule has 42 heavy (non-hydrogen) atoms. The Balaban J connectivity index is 1.56. The van der Waals surface area contributed by atoms with Crippen LogP contribution in [0.4, 0.5) is 5.69 Å². The molecule has 2 fully saturated rings. The Kier molecular flexibility index (Phi) is 7.39. The Hall–Kier alpha value is -3.83. The first-order chi connectivity index (χ1) is 19.7. The summed E-state index contributed by atoms with van der Waals surface area (Å²) in [4.78, 5) is 69.0. The second-order valence-electron chi connectivity index (χ2n) is 12.5. The summed E-state index contributed by atoms with van der Waals surface area (Å²) in [5.74, 6) is -11.5. The molecule has 0 spiro atoms. The van der Waals surface area contributed by atoms with Crippen LogP contribution in [0.3, 0.4) is 0 Å². The molecule has 11 heteroatoms. The zero-order valence-corrected chi connectivity index (χ0v) is 24.5. The van der Waals surface area contributed by atoms with E-state index in [4.69, 9.17) is 5.73 Å². The van der Waals surface area contributed by atoms with Crippen molar-refractivity contribution in [2.24, 2.45) is 48.3 Å². The van der Waals surface area contributed by atoms with Crippen molar-refractivity contribution >= 4 is 34.7 Å². The van der Waals surface area contributed by atoms with E-state index < -0.39 is 70.1 Å². The molecule has 2 unspecified atom stereocenters. The third-order valence-electron chi connectivity index (χ3n) is 9.52. The number of aryl methyl sites for hydroxylation is 1. The summed E-state index contributed by atoms with van der Waals surface area (Å²) in [5, 5.41) is 26.5. The summed E-state index contributed by atoms with van der Waals surface area (Å²) < 4.78 is 1.97. The number of Topliss-reactive ketones (excluding diaryl/α,β-unsaturated/α-hetero) is 4. The van der Waals surface area contributed by atoms with Gasteiger partial charge in [-0.3, -0.25) is 24.0 Å². The molecule has 1 heterocycles. The third kappa shape index (κ3) is 4.29. The lowest BCUT2D eigenvalue weighted by atomic mass is 9.49. The molecule has 1 aromatic heterocycles. The van der Waals surface area contributed by atoms with E-state index >= 15 is 0 Å². The van der Waals surface area contributed by atoms with Crippen LogP contribution in [0, 0.1) is 35.5 Å². The van der Waals surface area contributed by atoms with Gasteiger partial charge in [0.2, 0.25) is 5.91 Å². The zero-order valence-electron chi connectivity index (χ0n) is 24.5. The van der Waals surface area contributed by atoms with Gasteiger partial charge in [0.1, 0.15) is 5.75 Å². The van der Waals surface area contributed by atoms with Crippen molar-refractivity contribution in [3.63, 3.8) is 0 Å². The SMILES string of the molecule is CC(C)[C@@H]1C(=O)C(C(N)=O)C(=O)[C@@]2(O)C(=O)C3C(=O)c4c(O)c(CNCc5cccn5C)cc(N(C)C)c4C[C@H]3C[C@@H]12. The van der Waals surface area contributed by atoms with E-state index in [1.165, 1.54) is 0 Å². The molecule has 3 aliphatic carbocycles. The van der Waals surface area contributed by atoms with E-state index in [0.717, 1.165) is 5.69 Å². The van der Waals surface area contributed by atoms with E-state index in [9.17, 15) is 34.2 Å². The molecule has 2 saturated carbocycles. The first-order valence-electron chi connectivity index (χ1n) is 14.3. The van der Waals surface area contributed by atoms with Gasteiger partial charge < -0.3 is 30.7 Å². The van der Waals surface area contributed by atoms with Gasteiger partial charge in [-0.25, -0.2) is 0 Å². The Morgan fingerprint density at radius 1 is 1.19 bits per heavy atom. The minimum atomic E-state index is -2.70. The van der Waals surface area contributed by atoms with Crippen LogP contribution in [0.25, 0.3) is 0 Å². The smallest absolute Gasteiger partial charge is 0.235 e. The Bertz CT molecular complexity index is 1510. The summed E-state index contributed by atoms with van der Waals surface area (Å²) in [7, 11) is 5.58. The van der Waals surface area contributed by atoms with Crippen molar-refractivity contribution < 1.29 is 34.2 Å². The number of carbonyl (C=O) groups excluding carboxylic acids is 5. The number of anilines is 1. The summed E-state index contributed by atoms with van der Waals surface area (Å²) in [6.07, 6.45) is 2.21. The fourth-order valence-electron chi connectivity index (χ4n) is 7.50. The van der Waals surface area contributed by atoms with Crippen LogP contribution < -0.4 is 16.0 Å². The number of fused-ring (bicyclic) bond motifs is 3. The number of nitrogens with two attached hydrogens (primary N) is 1. The predicted molar refractivity (Wildman–Crippen MR) is 152 cm³/mol. The van der Waals surface area contributed by atoms with Crippen molar-refractivity contribution in [3.8, 4) is 5.75 Å². The summed E-state index contributed by atoms with van der Waals surface area (Å²) in [6.45, 7) is 4.21. The number of amides is 1. The van der Waals surface area contributed by atoms with Gasteiger partial charge in [-0.2, -0.15) is 0 Å². The topological polar surface area (TPSA) is 172 Å². The molecule has 11 nitrogen and oxygen atoms in total. The quantitative estimate of drug-likeness (QED) is 0.348. The highest BCUT2D eigenvalue weighted by atomic mass is 16.3. The lowest BCUT2D eigenvalue weighted by Crippen LogP contribution is -2.71. The number of hydrogen-bond acceptors (Lipinski definition) is 9. The number of hydrogen-bond donors (Lipinski definition) is 4. The number of primary amides is 1. The van der Waals surface area contributed by atoms with Crippen LogP contribution in [0.1, 0.15) is 47.4 Å². The molecule has 0 saturated heterocycles. The van der Waals surface area contributed by atoms with Crippen LogP contribution in [-0.4, -0.2) is 63.5 Å². The van der Waals surface area contributed by atoms with Gasteiger partial charge in [0.15, 0.2) is 34.7 Å². The molecule has 3 aliphatic rings. The zero-order chi connectivity index (χ0) is 30.8. The molecule has 2 aromatic rings. The van der Waals surface area contributed by atoms with Crippen molar-refractivity contribution in [2.75, 3.05) is 19.0 Å². The van der Waals surface area contributed by atoms with Gasteiger partial charge in [-0.05, 0) is 48.4 Å². The number of aromatic nitrogens is 1. The number of benzene rings is 1. The van der Waals surface area contributed by atoms with Gasteiger partial charge >= 0.3 is 0 Å². The first-order valence-corrected chi connectivity index (χ1v) is 14.3. The molecule has 0 radical (unpaired) electrons. The Morgan fingerprint density at radius 3 is 2.45 bits per heavy atom. The maximum absolute atomic E-state index is 14.1. The van der Waals surface area contributed by atoms with Crippen LogP contribution in [0.5, 0.6) is 5.75 Å². The number of phenolic OH excluding ortho intramolecular Hbond substituents is 1. The van der Waals surface area contributed by atoms with Gasteiger partial charge in [0, 0.05) is 69.2 Å². The third-order valence-corrected chi connectivity index (χ3v) is 9.52. The van der Waals surface area contributed by atoms with Crippen molar-refractivity contribution in [3.05, 3.63) is 46.8 Å². The number of ketones is 4. The molecular weight excluding hydrogens is 540 g/mol. The van der Waals surface area contributed by atoms with E-state index in [1.54, 1.807) is 13.8 Å². The Morgan fingerprint density at radius 2 is 1.88 bits per heavy atom. The lowest BCUT2D eigenvalue weighted by Gasteiger charge is -2.52. The maximum atomic E-state index is 14.1. The molecule has 224 valence electrons. The first kappa shape index (κ1) is 29.7. The molecule has 0 aliphatic heterocycles. The number of aliphatic hydroxyl groups is 1. The lowest BCUT2D eigenvalue weighted by molar-refractivity contribution is -0.182. The molecule has 1 amide bonds. The fraction of sp³-hybridized carbons (Fsp3) is 0.516. The van der Waals surface area contributed by atoms with Crippen molar-refractivity contribution in [1.29, 1.82) is 0 Å². The molecule has 6 atom stereocenters. The second kappa shape index (κ2) is 10.5. The molecule has 5 rings (SSSR count). The second-order valence-corrected chi connectivity index (χ2v) is 12.5. The summed E-state index contributed by atoms with van der Waals surface area (Å²) in [6, 6.07) is 5.71. The molecule has 5 N–H and O–H groups in total. The minimum Gasteiger partial charge on any atom is -0.507 e. The van der Waals surface area contributed by atoms with Crippen molar-refractivity contribution in [1.82, 2.24) is 9.88 Å². The molecule has 0 bridgehead atoms. The normalized spacial score (nSPS) is 28.9. The largest absolute Gasteiger partial charge is 0.507 e. The van der Waals surface area contributed by atoms with E-state index in [-0.39, 0.29) is 30.7 Å². The molecule has 1 aromatic carbocycles. The van der Waals surface area contributed by atoms with Gasteiger partial charge in [0.05, 0.1) is 11.5 Å². The standard InChI is InChI=1S/C31H38N4O7/c1-14(2)21-19-10-15-9-18-20(34(3)4)11-16(12-33-13-17-7-6-8-35(17)5)25(36)23(18)27(38)22(15)28(39)31(19,42)29(40)24(26(21)37)30(32)41/h6-8,11,14-15,19,21-22,24,33,36,42H,9-10,12-13H2,1-5H3,(H2,32,41)/t15-,19-,21-,22?,24?,31-/m0/s1. The minimum absolute atomic E-state index is 0.000266. The monoisotopic (exact) mass is 578 g/mol. The van der Waals surface area contributed by atoms with Gasteiger partial charge in [-0.1, -0.05) is 13.8 Å². The predicted octanol–water partition coefficient (Wildman–Crippen LogP) is 0.903. The highest BCUT2D eigenvalue weighted by Crippen LogP contribution is 2.54. The van der Waals surface area contributed by atoms with Crippen LogP contribution in [-0.2, 0) is 45.7 Å². The fourth-order valence-corrected chi connectivity index (χ4v) is 7.50. The number of aromatic hydroxyl groups is 1. The molecular formula is C31H38N4O7. The van der Waals surface area contributed by atoms with Crippen LogP contribution in [0.2, 0.25) is 0 Å².